The van der Waals surface area contributed by atoms with Crippen LogP contribution in [0.4, 0.5) is 0 Å². The summed E-state index contributed by atoms with van der Waals surface area (Å²) < 4.78 is 0. The van der Waals surface area contributed by atoms with Crippen LogP contribution in [0.25, 0.3) is 0 Å². The summed E-state index contributed by atoms with van der Waals surface area (Å²) in [5.74, 6) is -1.00. The maximum Gasteiger partial charge on any atom is 0.303 e. The number of carbonyl (C=O) groups is 2. The summed E-state index contributed by atoms with van der Waals surface area (Å²) in [7, 11) is 0. The maximum absolute atomic E-state index is 11.3. The Morgan fingerprint density at radius 3 is 2.53 bits per heavy atom. The molecule has 5 heteroatoms. The number of carbonyl (C=O) groups excluding carboxylic acids is 1. The number of aryl methyl sites for hydroxylation is 1. The van der Waals surface area contributed by atoms with Gasteiger partial charge in [0.05, 0.1) is 0 Å². The molecule has 0 aliphatic heterocycles. The van der Waals surface area contributed by atoms with Gasteiger partial charge in [-0.2, -0.15) is 0 Å². The number of Topliss-reactive ketones (excluding diaryl/α,β-unsaturated/α-hetero) is 1. The van der Waals surface area contributed by atoms with Crippen molar-refractivity contribution < 1.29 is 14.7 Å². The van der Waals surface area contributed by atoms with Crippen LogP contribution in [0, 0.1) is 6.92 Å². The minimum absolute atomic E-state index is 0.0305. The summed E-state index contributed by atoms with van der Waals surface area (Å²) in [4.78, 5) is 24.6. The van der Waals surface area contributed by atoms with Gasteiger partial charge < -0.3 is 10.1 Å². The second-order valence-corrected chi connectivity index (χ2v) is 3.75. The van der Waals surface area contributed by atoms with Gasteiger partial charge in [0.15, 0.2) is 5.78 Å². The Morgan fingerprint density at radius 2 is 2.07 bits per heavy atom. The lowest BCUT2D eigenvalue weighted by molar-refractivity contribution is -0.136. The van der Waals surface area contributed by atoms with Crippen LogP contribution in [-0.4, -0.2) is 21.8 Å². The van der Waals surface area contributed by atoms with Crippen molar-refractivity contribution >= 4 is 23.4 Å². The lowest BCUT2D eigenvalue weighted by atomic mass is 10.0. The molecule has 1 aromatic rings. The fourth-order valence-electron chi connectivity index (χ4n) is 1.58. The first-order valence-corrected chi connectivity index (χ1v) is 4.91. The van der Waals surface area contributed by atoms with Crippen LogP contribution < -0.4 is 0 Å². The van der Waals surface area contributed by atoms with Crippen molar-refractivity contribution in [3.8, 4) is 0 Å². The summed E-state index contributed by atoms with van der Waals surface area (Å²) in [6.45, 7) is 3.18. The molecule has 0 radical (unpaired) electrons. The first kappa shape index (κ1) is 11.8. The highest BCUT2D eigenvalue weighted by molar-refractivity contribution is 6.31. The van der Waals surface area contributed by atoms with Gasteiger partial charge in [-0.3, -0.25) is 9.59 Å². The smallest absolute Gasteiger partial charge is 0.303 e. The number of hydrogen-bond donors (Lipinski definition) is 2. The van der Waals surface area contributed by atoms with Gasteiger partial charge in [0.25, 0.3) is 0 Å². The maximum atomic E-state index is 11.3. The Labute approximate surface area is 92.3 Å². The molecule has 0 aliphatic rings. The van der Waals surface area contributed by atoms with E-state index in [0.29, 0.717) is 22.0 Å². The van der Waals surface area contributed by atoms with E-state index in [0.717, 1.165) is 0 Å². The number of hydrogen-bond acceptors (Lipinski definition) is 2. The molecule has 1 rings (SSSR count). The van der Waals surface area contributed by atoms with Crippen molar-refractivity contribution in [2.24, 2.45) is 0 Å². The van der Waals surface area contributed by atoms with Crippen LogP contribution in [0.5, 0.6) is 0 Å². The molecule has 0 amide bonds. The number of halogens is 1. The summed E-state index contributed by atoms with van der Waals surface area (Å²) in [5.41, 5.74) is 1.80. The van der Waals surface area contributed by atoms with E-state index in [1.807, 2.05) is 0 Å². The molecule has 82 valence electrons. The van der Waals surface area contributed by atoms with E-state index >= 15 is 0 Å². The first-order valence-electron chi connectivity index (χ1n) is 4.53. The Hall–Kier alpha value is -1.29. The molecule has 2 N–H and O–H groups in total. The van der Waals surface area contributed by atoms with E-state index in [9.17, 15) is 9.59 Å². The molecule has 0 bridgehead atoms. The van der Waals surface area contributed by atoms with Crippen LogP contribution >= 0.6 is 11.6 Å². The third-order valence-corrected chi connectivity index (χ3v) is 2.50. The number of ketones is 1. The number of rotatable bonds is 4. The van der Waals surface area contributed by atoms with Gasteiger partial charge in [-0.15, -0.1) is 0 Å². The van der Waals surface area contributed by atoms with Crippen molar-refractivity contribution in [2.75, 3.05) is 0 Å². The van der Waals surface area contributed by atoms with E-state index < -0.39 is 5.97 Å². The molecule has 0 saturated heterocycles. The van der Waals surface area contributed by atoms with Crippen molar-refractivity contribution in [1.29, 1.82) is 0 Å². The van der Waals surface area contributed by atoms with Gasteiger partial charge in [0.2, 0.25) is 0 Å². The molecule has 1 aromatic heterocycles. The van der Waals surface area contributed by atoms with E-state index in [1.165, 1.54) is 6.92 Å². The first-order chi connectivity index (χ1) is 6.93. The van der Waals surface area contributed by atoms with E-state index in [1.54, 1.807) is 6.92 Å². The Balaban J connectivity index is 3.04. The molecule has 0 atom stereocenters. The van der Waals surface area contributed by atoms with E-state index in [2.05, 4.69) is 4.98 Å². The van der Waals surface area contributed by atoms with Gasteiger partial charge >= 0.3 is 5.97 Å². The molecule has 15 heavy (non-hydrogen) atoms. The third kappa shape index (κ3) is 2.59. The summed E-state index contributed by atoms with van der Waals surface area (Å²) in [5, 5.41) is 8.92. The van der Waals surface area contributed by atoms with Gasteiger partial charge in [0, 0.05) is 23.2 Å². The Bertz CT molecular complexity index is 409. The SMILES string of the molecule is CC(=O)c1c(C)[nH]c(Cl)c1CCC(=O)O. The van der Waals surface area contributed by atoms with Crippen molar-refractivity contribution in [1.82, 2.24) is 4.98 Å². The quantitative estimate of drug-likeness (QED) is 0.778. The predicted octanol–water partition coefficient (Wildman–Crippen LogP) is 2.20. The van der Waals surface area contributed by atoms with Gasteiger partial charge in [-0.25, -0.2) is 0 Å². The second kappa shape index (κ2) is 4.49. The fourth-order valence-corrected chi connectivity index (χ4v) is 1.91. The van der Waals surface area contributed by atoms with Crippen LogP contribution in [0.1, 0.15) is 35.0 Å². The second-order valence-electron chi connectivity index (χ2n) is 3.37. The summed E-state index contributed by atoms with van der Waals surface area (Å²) in [6.07, 6.45) is 0.241. The molecule has 4 nitrogen and oxygen atoms in total. The van der Waals surface area contributed by atoms with Crippen LogP contribution in [0.15, 0.2) is 0 Å². The van der Waals surface area contributed by atoms with Crippen molar-refractivity contribution in [3.05, 3.63) is 22.0 Å². The van der Waals surface area contributed by atoms with Crippen molar-refractivity contribution in [3.63, 3.8) is 0 Å². The minimum atomic E-state index is -0.903. The molecule has 0 aromatic carbocycles. The molecular formula is C10H12ClNO3. The third-order valence-electron chi connectivity index (χ3n) is 2.18. The average molecular weight is 230 g/mol. The number of aliphatic carboxylic acids is 1. The predicted molar refractivity (Wildman–Crippen MR) is 56.5 cm³/mol. The Kier molecular flexibility index (Phi) is 3.52. The zero-order valence-electron chi connectivity index (χ0n) is 8.56. The Morgan fingerprint density at radius 1 is 1.47 bits per heavy atom. The van der Waals surface area contributed by atoms with Gasteiger partial charge in [0.1, 0.15) is 5.15 Å². The molecule has 0 spiro atoms. The summed E-state index contributed by atoms with van der Waals surface area (Å²) >= 11 is 5.88. The number of aromatic amines is 1. The molecule has 0 saturated carbocycles. The zero-order chi connectivity index (χ0) is 11.6. The minimum Gasteiger partial charge on any atom is -0.481 e. The lowest BCUT2D eigenvalue weighted by Gasteiger charge is -2.00. The van der Waals surface area contributed by atoms with Gasteiger partial charge in [-0.05, 0) is 20.3 Å². The number of carboxylic acid groups (broad SMARTS) is 1. The molecule has 0 unspecified atom stereocenters. The van der Waals surface area contributed by atoms with E-state index in [-0.39, 0.29) is 18.6 Å². The summed E-state index contributed by atoms with van der Waals surface area (Å²) in [6, 6.07) is 0. The molecule has 0 aliphatic carbocycles. The zero-order valence-corrected chi connectivity index (χ0v) is 9.31. The number of carboxylic acids is 1. The van der Waals surface area contributed by atoms with Crippen LogP contribution in [-0.2, 0) is 11.2 Å². The highest BCUT2D eigenvalue weighted by Crippen LogP contribution is 2.24. The average Bonchev–Trinajstić information content (AvgIpc) is 2.37. The normalized spacial score (nSPS) is 10.3. The topological polar surface area (TPSA) is 70.2 Å². The molecule has 0 fully saturated rings. The monoisotopic (exact) mass is 229 g/mol. The standard InChI is InChI=1S/C10H12ClNO3/c1-5-9(6(2)13)7(10(11)12-5)3-4-8(14)15/h12H,3-4H2,1-2H3,(H,14,15). The number of H-pyrrole nitrogens is 1. The van der Waals surface area contributed by atoms with Crippen LogP contribution in [0.3, 0.4) is 0 Å². The van der Waals surface area contributed by atoms with Gasteiger partial charge in [-0.1, -0.05) is 11.6 Å². The fraction of sp³-hybridized carbons (Fsp3) is 0.400. The van der Waals surface area contributed by atoms with E-state index in [4.69, 9.17) is 16.7 Å². The largest absolute Gasteiger partial charge is 0.481 e. The highest BCUT2D eigenvalue weighted by atomic mass is 35.5. The van der Waals surface area contributed by atoms with Crippen molar-refractivity contribution in [2.45, 2.75) is 26.7 Å². The number of aromatic nitrogens is 1. The molecule has 1 heterocycles. The van der Waals surface area contributed by atoms with Crippen LogP contribution in [0.2, 0.25) is 5.15 Å². The molecular weight excluding hydrogens is 218 g/mol. The lowest BCUT2D eigenvalue weighted by Crippen LogP contribution is -2.02. The number of nitrogens with one attached hydrogen (secondary N) is 1. The highest BCUT2D eigenvalue weighted by Gasteiger charge is 2.17.